The summed E-state index contributed by atoms with van der Waals surface area (Å²) in [5, 5.41) is 0. The predicted molar refractivity (Wildman–Crippen MR) is 60.2 cm³/mol. The standard InChI is InChI=1S/C12H25NO/c1-10(2)8-11(3)14-9-12(4-5-12)6-7-13/h10-11H,4-9,13H2,1-3H3. The van der Waals surface area contributed by atoms with Crippen molar-refractivity contribution in [1.82, 2.24) is 0 Å². The van der Waals surface area contributed by atoms with Gasteiger partial charge >= 0.3 is 0 Å². The van der Waals surface area contributed by atoms with Crippen LogP contribution < -0.4 is 5.73 Å². The van der Waals surface area contributed by atoms with Gasteiger partial charge in [0.05, 0.1) is 12.7 Å². The molecule has 0 aromatic rings. The minimum atomic E-state index is 0.408. The lowest BCUT2D eigenvalue weighted by molar-refractivity contribution is 0.0201. The summed E-state index contributed by atoms with van der Waals surface area (Å²) in [4.78, 5) is 0. The molecule has 1 unspecified atom stereocenters. The zero-order valence-corrected chi connectivity index (χ0v) is 9.88. The van der Waals surface area contributed by atoms with Crippen LogP contribution in [0.2, 0.25) is 0 Å². The summed E-state index contributed by atoms with van der Waals surface area (Å²) in [5.74, 6) is 0.731. The first kappa shape index (κ1) is 12.0. The van der Waals surface area contributed by atoms with Crippen LogP contribution in [0.5, 0.6) is 0 Å². The van der Waals surface area contributed by atoms with Crippen molar-refractivity contribution in [3.8, 4) is 0 Å². The quantitative estimate of drug-likeness (QED) is 0.684. The summed E-state index contributed by atoms with van der Waals surface area (Å²) in [7, 11) is 0. The Morgan fingerprint density at radius 1 is 1.29 bits per heavy atom. The van der Waals surface area contributed by atoms with E-state index in [2.05, 4.69) is 20.8 Å². The van der Waals surface area contributed by atoms with Crippen molar-refractivity contribution >= 4 is 0 Å². The average Bonchev–Trinajstić information content (AvgIpc) is 2.82. The van der Waals surface area contributed by atoms with E-state index in [1.165, 1.54) is 19.3 Å². The molecule has 0 radical (unpaired) electrons. The smallest absolute Gasteiger partial charge is 0.0549 e. The predicted octanol–water partition coefficient (Wildman–Crippen LogP) is 2.57. The fraction of sp³-hybridized carbons (Fsp3) is 1.00. The van der Waals surface area contributed by atoms with Crippen LogP contribution in [0.15, 0.2) is 0 Å². The lowest BCUT2D eigenvalue weighted by Gasteiger charge is -2.20. The highest BCUT2D eigenvalue weighted by atomic mass is 16.5. The first-order valence-corrected chi connectivity index (χ1v) is 5.90. The number of rotatable bonds is 7. The van der Waals surface area contributed by atoms with Crippen molar-refractivity contribution in [2.75, 3.05) is 13.2 Å². The Morgan fingerprint density at radius 2 is 1.93 bits per heavy atom. The van der Waals surface area contributed by atoms with E-state index in [1.54, 1.807) is 0 Å². The molecule has 0 amide bonds. The number of nitrogens with two attached hydrogens (primary N) is 1. The SMILES string of the molecule is CC(C)CC(C)OCC1(CCN)CC1. The second-order valence-electron chi connectivity index (χ2n) is 5.29. The molecule has 0 saturated heterocycles. The van der Waals surface area contributed by atoms with E-state index in [4.69, 9.17) is 10.5 Å². The normalized spacial score (nSPS) is 21.2. The summed E-state index contributed by atoms with van der Waals surface area (Å²) in [5.41, 5.74) is 6.06. The Bertz CT molecular complexity index is 164. The minimum absolute atomic E-state index is 0.408. The van der Waals surface area contributed by atoms with E-state index in [-0.39, 0.29) is 0 Å². The zero-order chi connectivity index (χ0) is 10.6. The third kappa shape index (κ3) is 3.97. The average molecular weight is 199 g/mol. The molecule has 1 aliphatic carbocycles. The van der Waals surface area contributed by atoms with Crippen molar-refractivity contribution in [3.63, 3.8) is 0 Å². The highest BCUT2D eigenvalue weighted by Gasteiger charge is 2.42. The first-order chi connectivity index (χ1) is 6.58. The summed E-state index contributed by atoms with van der Waals surface area (Å²) in [6.45, 7) is 8.40. The van der Waals surface area contributed by atoms with Gasteiger partial charge in [-0.3, -0.25) is 0 Å². The molecule has 14 heavy (non-hydrogen) atoms. The van der Waals surface area contributed by atoms with E-state index in [1.807, 2.05) is 0 Å². The highest BCUT2D eigenvalue weighted by Crippen LogP contribution is 2.48. The third-order valence-electron chi connectivity index (χ3n) is 3.11. The van der Waals surface area contributed by atoms with E-state index >= 15 is 0 Å². The zero-order valence-electron chi connectivity index (χ0n) is 9.88. The van der Waals surface area contributed by atoms with Crippen LogP contribution in [-0.2, 0) is 4.74 Å². The molecule has 0 aliphatic heterocycles. The molecule has 2 N–H and O–H groups in total. The van der Waals surface area contributed by atoms with Gasteiger partial charge in [-0.2, -0.15) is 0 Å². The van der Waals surface area contributed by atoms with Crippen LogP contribution in [0.4, 0.5) is 0 Å². The summed E-state index contributed by atoms with van der Waals surface area (Å²) in [6, 6.07) is 0. The summed E-state index contributed by atoms with van der Waals surface area (Å²) >= 11 is 0. The van der Waals surface area contributed by atoms with Crippen LogP contribution in [0.25, 0.3) is 0 Å². The Morgan fingerprint density at radius 3 is 2.36 bits per heavy atom. The van der Waals surface area contributed by atoms with Crippen molar-refractivity contribution in [1.29, 1.82) is 0 Å². The Balaban J connectivity index is 2.13. The largest absolute Gasteiger partial charge is 0.378 e. The second-order valence-corrected chi connectivity index (χ2v) is 5.29. The number of ether oxygens (including phenoxy) is 1. The van der Waals surface area contributed by atoms with Gasteiger partial charge in [-0.1, -0.05) is 13.8 Å². The van der Waals surface area contributed by atoms with Gasteiger partial charge in [-0.15, -0.1) is 0 Å². The van der Waals surface area contributed by atoms with E-state index in [0.29, 0.717) is 11.5 Å². The van der Waals surface area contributed by atoms with Gasteiger partial charge in [0.25, 0.3) is 0 Å². The maximum Gasteiger partial charge on any atom is 0.0549 e. The molecule has 2 nitrogen and oxygen atoms in total. The maximum absolute atomic E-state index is 5.88. The van der Waals surface area contributed by atoms with Gasteiger partial charge in [0, 0.05) is 0 Å². The fourth-order valence-electron chi connectivity index (χ4n) is 2.00. The molecular weight excluding hydrogens is 174 g/mol. The molecule has 0 bridgehead atoms. The molecule has 1 fully saturated rings. The van der Waals surface area contributed by atoms with Gasteiger partial charge in [-0.25, -0.2) is 0 Å². The van der Waals surface area contributed by atoms with Gasteiger partial charge in [0.1, 0.15) is 0 Å². The van der Waals surface area contributed by atoms with E-state index in [0.717, 1.165) is 25.5 Å². The molecule has 0 heterocycles. The topological polar surface area (TPSA) is 35.2 Å². The van der Waals surface area contributed by atoms with Crippen molar-refractivity contribution in [2.45, 2.75) is 52.6 Å². The monoisotopic (exact) mass is 199 g/mol. The van der Waals surface area contributed by atoms with Crippen LogP contribution in [0, 0.1) is 11.3 Å². The van der Waals surface area contributed by atoms with E-state index < -0.39 is 0 Å². The maximum atomic E-state index is 5.88. The minimum Gasteiger partial charge on any atom is -0.378 e. The lowest BCUT2D eigenvalue weighted by atomic mass is 10.0. The molecular formula is C12H25NO. The van der Waals surface area contributed by atoms with Gasteiger partial charge in [0.15, 0.2) is 0 Å². The van der Waals surface area contributed by atoms with Crippen molar-refractivity contribution in [2.24, 2.45) is 17.1 Å². The van der Waals surface area contributed by atoms with Crippen molar-refractivity contribution in [3.05, 3.63) is 0 Å². The van der Waals surface area contributed by atoms with Gasteiger partial charge < -0.3 is 10.5 Å². The Labute approximate surface area is 88.2 Å². The number of hydrogen-bond donors (Lipinski definition) is 1. The van der Waals surface area contributed by atoms with Crippen LogP contribution >= 0.6 is 0 Å². The molecule has 1 atom stereocenters. The fourth-order valence-corrected chi connectivity index (χ4v) is 2.00. The molecule has 2 heteroatoms. The van der Waals surface area contributed by atoms with Crippen LogP contribution in [0.1, 0.15) is 46.5 Å². The van der Waals surface area contributed by atoms with Crippen LogP contribution in [-0.4, -0.2) is 19.3 Å². The molecule has 0 aromatic carbocycles. The summed E-state index contributed by atoms with van der Waals surface area (Å²) in [6.07, 6.45) is 5.35. The van der Waals surface area contributed by atoms with Gasteiger partial charge in [-0.05, 0) is 50.5 Å². The number of hydrogen-bond acceptors (Lipinski definition) is 2. The van der Waals surface area contributed by atoms with Crippen LogP contribution in [0.3, 0.4) is 0 Å². The second kappa shape index (κ2) is 5.13. The molecule has 1 aliphatic rings. The molecule has 1 saturated carbocycles. The highest BCUT2D eigenvalue weighted by molar-refractivity contribution is 4.93. The van der Waals surface area contributed by atoms with Gasteiger partial charge in [0.2, 0.25) is 0 Å². The van der Waals surface area contributed by atoms with E-state index in [9.17, 15) is 0 Å². The Kier molecular flexibility index (Phi) is 4.39. The molecule has 84 valence electrons. The summed E-state index contributed by atoms with van der Waals surface area (Å²) < 4.78 is 5.88. The Hall–Kier alpha value is -0.0800. The molecule has 0 spiro atoms. The molecule has 1 rings (SSSR count). The lowest BCUT2D eigenvalue weighted by Crippen LogP contribution is -2.20. The third-order valence-corrected chi connectivity index (χ3v) is 3.11. The van der Waals surface area contributed by atoms with Crippen molar-refractivity contribution < 1.29 is 4.74 Å². The first-order valence-electron chi connectivity index (χ1n) is 5.90. The molecule has 0 aromatic heterocycles.